The van der Waals surface area contributed by atoms with E-state index < -0.39 is 11.9 Å². The van der Waals surface area contributed by atoms with E-state index in [1.807, 2.05) is 13.0 Å². The van der Waals surface area contributed by atoms with Gasteiger partial charge in [-0.05, 0) is 66.9 Å². The zero-order valence-electron chi connectivity index (χ0n) is 19.0. The van der Waals surface area contributed by atoms with Crippen molar-refractivity contribution in [3.05, 3.63) is 65.2 Å². The Morgan fingerprint density at radius 3 is 2.62 bits per heavy atom. The van der Waals surface area contributed by atoms with Crippen molar-refractivity contribution in [1.82, 2.24) is 0 Å². The first-order valence-corrected chi connectivity index (χ1v) is 11.0. The molecule has 1 atom stereocenters. The third-order valence-electron chi connectivity index (χ3n) is 4.84. The molecule has 34 heavy (non-hydrogen) atoms. The van der Waals surface area contributed by atoms with Crippen LogP contribution in [0.5, 0.6) is 11.5 Å². The minimum Gasteiger partial charge on any atom is -0.491 e. The first-order chi connectivity index (χ1) is 16.5. The van der Waals surface area contributed by atoms with Gasteiger partial charge in [0.2, 0.25) is 0 Å². The van der Waals surface area contributed by atoms with E-state index in [2.05, 4.69) is 0 Å². The van der Waals surface area contributed by atoms with Crippen LogP contribution < -0.4 is 9.47 Å². The van der Waals surface area contributed by atoms with Crippen LogP contribution in [0, 0.1) is 18.3 Å². The van der Waals surface area contributed by atoms with Gasteiger partial charge in [-0.1, -0.05) is 6.07 Å². The first kappa shape index (κ1) is 25.0. The van der Waals surface area contributed by atoms with Crippen LogP contribution in [0.1, 0.15) is 34.3 Å². The molecule has 1 heterocycles. The van der Waals surface area contributed by atoms with Crippen LogP contribution in [-0.2, 0) is 19.0 Å². The lowest BCUT2D eigenvalue weighted by atomic mass is 10.1. The zero-order valence-corrected chi connectivity index (χ0v) is 19.0. The second-order valence-corrected chi connectivity index (χ2v) is 7.55. The van der Waals surface area contributed by atoms with E-state index in [1.165, 1.54) is 6.08 Å². The first-order valence-electron chi connectivity index (χ1n) is 11.0. The molecule has 0 radical (unpaired) electrons. The van der Waals surface area contributed by atoms with Crippen molar-refractivity contribution >= 4 is 18.0 Å². The number of benzene rings is 2. The third kappa shape index (κ3) is 8.70. The quantitative estimate of drug-likeness (QED) is 0.144. The van der Waals surface area contributed by atoms with Crippen LogP contribution in [-0.4, -0.2) is 51.1 Å². The van der Waals surface area contributed by atoms with E-state index >= 15 is 0 Å². The van der Waals surface area contributed by atoms with Crippen molar-refractivity contribution in [2.45, 2.75) is 25.9 Å². The number of carbonyl (C=O) groups is 2. The minimum atomic E-state index is -0.521. The summed E-state index contributed by atoms with van der Waals surface area (Å²) in [6.07, 6.45) is 4.31. The molecule has 2 aromatic rings. The molecule has 1 aliphatic heterocycles. The van der Waals surface area contributed by atoms with Gasteiger partial charge >= 0.3 is 11.9 Å². The lowest BCUT2D eigenvalue weighted by Gasteiger charge is -2.10. The highest BCUT2D eigenvalue weighted by Crippen LogP contribution is 2.22. The largest absolute Gasteiger partial charge is 0.491 e. The van der Waals surface area contributed by atoms with Crippen molar-refractivity contribution in [2.75, 3.05) is 33.0 Å². The van der Waals surface area contributed by atoms with Gasteiger partial charge in [0.05, 0.1) is 37.4 Å². The molecule has 1 aliphatic rings. The molecule has 0 bridgehead atoms. The molecule has 0 spiro atoms. The van der Waals surface area contributed by atoms with E-state index in [4.69, 9.17) is 28.9 Å². The molecule has 178 valence electrons. The van der Waals surface area contributed by atoms with Crippen molar-refractivity contribution in [1.29, 1.82) is 5.26 Å². The monoisotopic (exact) mass is 465 g/mol. The summed E-state index contributed by atoms with van der Waals surface area (Å²) in [5, 5.41) is 8.45. The normalized spacial score (nSPS) is 14.4. The summed E-state index contributed by atoms with van der Waals surface area (Å²) in [5.74, 6) is 0.0636. The van der Waals surface area contributed by atoms with Gasteiger partial charge < -0.3 is 23.7 Å². The van der Waals surface area contributed by atoms with Gasteiger partial charge in [-0.2, -0.15) is 5.26 Å². The van der Waals surface area contributed by atoms with Crippen molar-refractivity contribution < 1.29 is 33.3 Å². The second-order valence-electron chi connectivity index (χ2n) is 7.55. The molecule has 2 aromatic carbocycles. The molecule has 0 aromatic heterocycles. The number of aryl methyl sites for hydroxylation is 1. The average Bonchev–Trinajstić information content (AvgIpc) is 3.66. The molecule has 1 unspecified atom stereocenters. The molecule has 0 amide bonds. The fourth-order valence-corrected chi connectivity index (χ4v) is 2.92. The predicted molar refractivity (Wildman–Crippen MR) is 123 cm³/mol. The summed E-state index contributed by atoms with van der Waals surface area (Å²) in [7, 11) is 0. The van der Waals surface area contributed by atoms with Gasteiger partial charge in [0, 0.05) is 12.7 Å². The smallest absolute Gasteiger partial charge is 0.343 e. The Balaban J connectivity index is 1.44. The molecule has 0 saturated carbocycles. The summed E-state index contributed by atoms with van der Waals surface area (Å²) in [6, 6.07) is 13.8. The maximum absolute atomic E-state index is 12.5. The number of epoxide rings is 1. The van der Waals surface area contributed by atoms with Crippen LogP contribution >= 0.6 is 0 Å². The van der Waals surface area contributed by atoms with Gasteiger partial charge in [0.25, 0.3) is 0 Å². The van der Waals surface area contributed by atoms with Crippen molar-refractivity contribution in [3.63, 3.8) is 0 Å². The van der Waals surface area contributed by atoms with Gasteiger partial charge in [0.15, 0.2) is 0 Å². The summed E-state index contributed by atoms with van der Waals surface area (Å²) in [6.45, 7) is 4.27. The summed E-state index contributed by atoms with van der Waals surface area (Å²) < 4.78 is 26.6. The van der Waals surface area contributed by atoms with Crippen LogP contribution in [0.2, 0.25) is 0 Å². The Bertz CT molecular complexity index is 1040. The molecular formula is C26H27NO7. The maximum atomic E-state index is 12.5. The van der Waals surface area contributed by atoms with Crippen LogP contribution in [0.25, 0.3) is 6.08 Å². The highest BCUT2D eigenvalue weighted by Gasteiger charge is 2.21. The Morgan fingerprint density at radius 1 is 1.12 bits per heavy atom. The number of hydrogen-bond acceptors (Lipinski definition) is 8. The fraction of sp³-hybridized carbons (Fsp3) is 0.346. The number of nitrogens with zero attached hydrogens (tertiary/aromatic N) is 1. The van der Waals surface area contributed by atoms with E-state index in [0.29, 0.717) is 43.0 Å². The van der Waals surface area contributed by atoms with Crippen molar-refractivity contribution in [3.8, 4) is 17.6 Å². The van der Waals surface area contributed by atoms with E-state index in [1.54, 1.807) is 48.5 Å². The molecule has 0 aliphatic carbocycles. The zero-order chi connectivity index (χ0) is 24.2. The SMILES string of the molecule is Cc1cc(/C=C/C(=O)OCCC#N)ccc1OC(=O)c1ccc(OCCOCCC2CO2)cc1. The summed E-state index contributed by atoms with van der Waals surface area (Å²) in [4.78, 5) is 24.1. The molecule has 8 heteroatoms. The number of nitriles is 1. The van der Waals surface area contributed by atoms with Crippen molar-refractivity contribution in [2.24, 2.45) is 0 Å². The third-order valence-corrected chi connectivity index (χ3v) is 4.84. The van der Waals surface area contributed by atoms with Crippen LogP contribution in [0.15, 0.2) is 48.5 Å². The summed E-state index contributed by atoms with van der Waals surface area (Å²) >= 11 is 0. The van der Waals surface area contributed by atoms with Crippen LogP contribution in [0.3, 0.4) is 0 Å². The Morgan fingerprint density at radius 2 is 1.91 bits per heavy atom. The number of ether oxygens (including phenoxy) is 5. The van der Waals surface area contributed by atoms with Gasteiger partial charge in [-0.3, -0.25) is 0 Å². The number of rotatable bonds is 13. The Labute approximate surface area is 198 Å². The number of esters is 2. The lowest BCUT2D eigenvalue weighted by Crippen LogP contribution is -2.10. The van der Waals surface area contributed by atoms with E-state index in [-0.39, 0.29) is 13.0 Å². The average molecular weight is 466 g/mol. The molecule has 3 rings (SSSR count). The topological polar surface area (TPSA) is 107 Å². The molecule has 1 fully saturated rings. The molecule has 0 N–H and O–H groups in total. The van der Waals surface area contributed by atoms with Gasteiger partial charge in [-0.15, -0.1) is 0 Å². The minimum absolute atomic E-state index is 0.0612. The summed E-state index contributed by atoms with van der Waals surface area (Å²) in [5.41, 5.74) is 1.89. The highest BCUT2D eigenvalue weighted by atomic mass is 16.6. The van der Waals surface area contributed by atoms with Gasteiger partial charge in [0.1, 0.15) is 24.7 Å². The fourth-order valence-electron chi connectivity index (χ4n) is 2.92. The maximum Gasteiger partial charge on any atom is 0.343 e. The standard InChI is InChI=1S/C26H27NO7/c1-19-17-20(4-10-25(28)32-13-2-12-27)3-9-24(19)34-26(29)21-5-7-22(8-6-21)31-16-15-30-14-11-23-18-33-23/h3-10,17,23H,2,11,13-16,18H2,1H3/b10-4+. The molecule has 1 saturated heterocycles. The number of hydrogen-bond donors (Lipinski definition) is 0. The van der Waals surface area contributed by atoms with Crippen LogP contribution in [0.4, 0.5) is 0 Å². The van der Waals surface area contributed by atoms with E-state index in [9.17, 15) is 9.59 Å². The Kier molecular flexibility index (Phi) is 9.65. The predicted octanol–water partition coefficient (Wildman–Crippen LogP) is 3.87. The molecular weight excluding hydrogens is 438 g/mol. The van der Waals surface area contributed by atoms with Gasteiger partial charge in [-0.25, -0.2) is 9.59 Å². The molecule has 8 nitrogen and oxygen atoms in total. The van der Waals surface area contributed by atoms with E-state index in [0.717, 1.165) is 24.2 Å². The lowest BCUT2D eigenvalue weighted by molar-refractivity contribution is -0.137. The number of carbonyl (C=O) groups excluding carboxylic acids is 2. The highest BCUT2D eigenvalue weighted by molar-refractivity contribution is 5.91. The second kappa shape index (κ2) is 13.1. The Hall–Kier alpha value is -3.67.